The van der Waals surface area contributed by atoms with Gasteiger partial charge in [0, 0.05) is 11.8 Å². The minimum atomic E-state index is -0.788. The second kappa shape index (κ2) is 7.34. The number of carbonyl (C=O) groups excluding carboxylic acids is 1. The van der Waals surface area contributed by atoms with Gasteiger partial charge in [-0.05, 0) is 45.0 Å². The number of aryl methyl sites for hydroxylation is 2. The predicted molar refractivity (Wildman–Crippen MR) is 108 cm³/mol. The van der Waals surface area contributed by atoms with Gasteiger partial charge in [-0.2, -0.15) is 5.10 Å². The van der Waals surface area contributed by atoms with Crippen LogP contribution < -0.4 is 10.9 Å². The summed E-state index contributed by atoms with van der Waals surface area (Å²) in [5.41, 5.74) is 3.11. The highest BCUT2D eigenvalue weighted by molar-refractivity contribution is 5.80. The van der Waals surface area contributed by atoms with Gasteiger partial charge >= 0.3 is 0 Å². The van der Waals surface area contributed by atoms with E-state index in [0.717, 1.165) is 22.4 Å². The lowest BCUT2D eigenvalue weighted by molar-refractivity contribution is -0.124. The molecule has 148 valence electrons. The van der Waals surface area contributed by atoms with Crippen LogP contribution in [0.4, 0.5) is 0 Å². The molecule has 1 unspecified atom stereocenters. The van der Waals surface area contributed by atoms with E-state index in [4.69, 9.17) is 0 Å². The number of amides is 1. The first-order chi connectivity index (χ1) is 13.9. The number of nitrogens with one attached hydrogen (secondary N) is 2. The molecule has 1 atom stereocenters. The van der Waals surface area contributed by atoms with Crippen molar-refractivity contribution in [1.82, 2.24) is 34.8 Å². The third-order valence-corrected chi connectivity index (χ3v) is 4.65. The van der Waals surface area contributed by atoms with Crippen molar-refractivity contribution in [2.24, 2.45) is 0 Å². The van der Waals surface area contributed by atoms with Crippen LogP contribution in [-0.4, -0.2) is 35.4 Å². The predicted octanol–water partition coefficient (Wildman–Crippen LogP) is 1.80. The minimum absolute atomic E-state index is 0.226. The maximum atomic E-state index is 12.6. The van der Waals surface area contributed by atoms with Gasteiger partial charge in [-0.1, -0.05) is 12.1 Å². The molecule has 3 aromatic heterocycles. The Kier molecular flexibility index (Phi) is 4.71. The average molecular weight is 391 g/mol. The number of nitrogens with zero attached hydrogens (tertiary/aromatic N) is 5. The van der Waals surface area contributed by atoms with Crippen LogP contribution in [0.3, 0.4) is 0 Å². The number of aromatic nitrogens is 6. The van der Waals surface area contributed by atoms with Crippen LogP contribution in [0.2, 0.25) is 0 Å². The molecule has 0 saturated heterocycles. The summed E-state index contributed by atoms with van der Waals surface area (Å²) >= 11 is 0. The van der Waals surface area contributed by atoms with Crippen molar-refractivity contribution in [1.29, 1.82) is 0 Å². The summed E-state index contributed by atoms with van der Waals surface area (Å²) in [7, 11) is 0. The zero-order valence-electron chi connectivity index (χ0n) is 16.4. The molecule has 0 bridgehead atoms. The molecule has 1 amide bonds. The van der Waals surface area contributed by atoms with E-state index in [-0.39, 0.29) is 18.0 Å². The van der Waals surface area contributed by atoms with E-state index < -0.39 is 6.04 Å². The van der Waals surface area contributed by atoms with Crippen molar-refractivity contribution in [3.63, 3.8) is 0 Å². The average Bonchev–Trinajstić information content (AvgIpc) is 3.28. The zero-order valence-corrected chi connectivity index (χ0v) is 16.4. The molecule has 9 nitrogen and oxygen atoms in total. The Labute approximate surface area is 166 Å². The summed E-state index contributed by atoms with van der Waals surface area (Å²) in [4.78, 5) is 32.5. The zero-order chi connectivity index (χ0) is 20.5. The summed E-state index contributed by atoms with van der Waals surface area (Å²) in [6.07, 6.45) is 0. The molecular formula is C20H21N7O2. The Morgan fingerprint density at radius 2 is 1.97 bits per heavy atom. The van der Waals surface area contributed by atoms with Crippen molar-refractivity contribution >= 4 is 16.9 Å². The molecule has 1 aromatic carbocycles. The number of hydrogen-bond donors (Lipinski definition) is 2. The van der Waals surface area contributed by atoms with E-state index >= 15 is 0 Å². The summed E-state index contributed by atoms with van der Waals surface area (Å²) in [5, 5.41) is 11.5. The number of carbonyl (C=O) groups is 1. The summed E-state index contributed by atoms with van der Waals surface area (Å²) < 4.78 is 2.81. The maximum Gasteiger partial charge on any atom is 0.267 e. The maximum absolute atomic E-state index is 12.6. The second-order valence-corrected chi connectivity index (χ2v) is 6.91. The van der Waals surface area contributed by atoms with Crippen LogP contribution in [-0.2, 0) is 11.3 Å². The van der Waals surface area contributed by atoms with E-state index in [1.165, 1.54) is 10.7 Å². The lowest BCUT2D eigenvalue weighted by atomic mass is 10.3. The van der Waals surface area contributed by atoms with Crippen LogP contribution in [0.5, 0.6) is 0 Å². The fourth-order valence-corrected chi connectivity index (χ4v) is 3.19. The molecule has 2 N–H and O–H groups in total. The molecule has 0 radical (unpaired) electrons. The molecule has 0 aliphatic rings. The second-order valence-electron chi connectivity index (χ2n) is 6.91. The normalized spacial score (nSPS) is 12.2. The van der Waals surface area contributed by atoms with Crippen LogP contribution in [0.25, 0.3) is 16.9 Å². The largest absolute Gasteiger partial charge is 0.347 e. The highest BCUT2D eigenvalue weighted by Crippen LogP contribution is 2.11. The van der Waals surface area contributed by atoms with Crippen molar-refractivity contribution in [3.05, 3.63) is 70.0 Å². The van der Waals surface area contributed by atoms with Gasteiger partial charge in [0.1, 0.15) is 11.9 Å². The number of para-hydroxylation sites is 2. The molecule has 4 aromatic rings. The van der Waals surface area contributed by atoms with E-state index in [2.05, 4.69) is 25.5 Å². The smallest absolute Gasteiger partial charge is 0.267 e. The molecular weight excluding hydrogens is 370 g/mol. The van der Waals surface area contributed by atoms with Crippen molar-refractivity contribution < 1.29 is 4.79 Å². The van der Waals surface area contributed by atoms with Crippen molar-refractivity contribution in [3.8, 4) is 5.82 Å². The SMILES string of the molecule is Cc1cc(C)n(-c2ccc(=O)n(C(C)C(=O)NCc3nc4ccccc4[nH]3)n2)n1. The highest BCUT2D eigenvalue weighted by Gasteiger charge is 2.19. The molecule has 0 fully saturated rings. The van der Waals surface area contributed by atoms with Gasteiger partial charge in [-0.15, -0.1) is 5.10 Å². The van der Waals surface area contributed by atoms with Crippen molar-refractivity contribution in [2.45, 2.75) is 33.4 Å². The van der Waals surface area contributed by atoms with Crippen LogP contribution >= 0.6 is 0 Å². The Morgan fingerprint density at radius 3 is 2.69 bits per heavy atom. The van der Waals surface area contributed by atoms with Gasteiger partial charge in [0.25, 0.3) is 5.56 Å². The first-order valence-corrected chi connectivity index (χ1v) is 9.27. The number of fused-ring (bicyclic) bond motifs is 1. The first kappa shape index (κ1) is 18.6. The van der Waals surface area contributed by atoms with Crippen LogP contribution in [0.1, 0.15) is 30.2 Å². The number of rotatable bonds is 5. The Morgan fingerprint density at radius 1 is 1.17 bits per heavy atom. The number of imidazole rings is 1. The number of aromatic amines is 1. The topological polar surface area (TPSA) is 110 Å². The Bertz CT molecular complexity index is 1220. The number of benzene rings is 1. The summed E-state index contributed by atoms with van der Waals surface area (Å²) in [6, 6.07) is 11.8. The Hall–Kier alpha value is -3.75. The fourth-order valence-electron chi connectivity index (χ4n) is 3.19. The quantitative estimate of drug-likeness (QED) is 0.539. The van der Waals surface area contributed by atoms with Gasteiger partial charge in [0.05, 0.1) is 23.3 Å². The molecule has 0 aliphatic carbocycles. The van der Waals surface area contributed by atoms with Gasteiger partial charge < -0.3 is 10.3 Å². The minimum Gasteiger partial charge on any atom is -0.347 e. The first-order valence-electron chi connectivity index (χ1n) is 9.27. The highest BCUT2D eigenvalue weighted by atomic mass is 16.2. The van der Waals surface area contributed by atoms with Crippen LogP contribution in [0.15, 0.2) is 47.3 Å². The third kappa shape index (κ3) is 3.66. The van der Waals surface area contributed by atoms with Crippen molar-refractivity contribution in [2.75, 3.05) is 0 Å². The third-order valence-electron chi connectivity index (χ3n) is 4.65. The van der Waals surface area contributed by atoms with E-state index in [0.29, 0.717) is 11.6 Å². The lowest BCUT2D eigenvalue weighted by Crippen LogP contribution is -2.37. The van der Waals surface area contributed by atoms with Gasteiger partial charge in [-0.3, -0.25) is 9.59 Å². The molecule has 4 rings (SSSR count). The molecule has 3 heterocycles. The van der Waals surface area contributed by atoms with E-state index in [9.17, 15) is 9.59 Å². The van der Waals surface area contributed by atoms with Gasteiger partial charge in [-0.25, -0.2) is 14.3 Å². The Balaban J connectivity index is 1.53. The number of H-pyrrole nitrogens is 1. The van der Waals surface area contributed by atoms with Crippen LogP contribution in [0, 0.1) is 13.8 Å². The molecule has 0 spiro atoms. The fraction of sp³-hybridized carbons (Fsp3) is 0.250. The standard InChI is InChI=1S/C20H21N7O2/c1-12-10-13(2)26(24-12)18-8-9-19(28)27(25-18)14(3)20(29)21-11-17-22-15-6-4-5-7-16(15)23-17/h4-10,14H,11H2,1-3H3,(H,21,29)(H,22,23). The van der Waals surface area contributed by atoms with E-state index in [1.54, 1.807) is 17.7 Å². The lowest BCUT2D eigenvalue weighted by Gasteiger charge is -2.14. The summed E-state index contributed by atoms with van der Waals surface area (Å²) in [6.45, 7) is 5.64. The van der Waals surface area contributed by atoms with Gasteiger partial charge in [0.15, 0.2) is 5.82 Å². The molecule has 0 saturated carbocycles. The number of hydrogen-bond acceptors (Lipinski definition) is 5. The molecule has 9 heteroatoms. The summed E-state index contributed by atoms with van der Waals surface area (Å²) in [5.74, 6) is 0.793. The van der Waals surface area contributed by atoms with Gasteiger partial charge in [0.2, 0.25) is 5.91 Å². The molecule has 0 aliphatic heterocycles. The molecule has 29 heavy (non-hydrogen) atoms. The van der Waals surface area contributed by atoms with E-state index in [1.807, 2.05) is 44.2 Å². The monoisotopic (exact) mass is 391 g/mol.